The van der Waals surface area contributed by atoms with Crippen LogP contribution in [0.4, 0.5) is 0 Å². The van der Waals surface area contributed by atoms with E-state index < -0.39 is 10.1 Å². The lowest BCUT2D eigenvalue weighted by molar-refractivity contribution is 0.134. The van der Waals surface area contributed by atoms with Crippen LogP contribution in [0.5, 0.6) is 0 Å². The molecule has 192 valence electrons. The molecular weight excluding hydrogens is 527 g/mol. The molecule has 0 spiro atoms. The number of nitrogens with zero attached hydrogens (tertiary/aromatic N) is 3. The molecule has 4 aromatic heterocycles. The standard InChI is InChI=1S/C27H27N3O4S3/c1-5-34-15-20-13-19(8-9-21(20)22-12-17(3)36-27(22)37(31,32)33)14-30-23-11-16(2)28-18(4)25(23)26(29-30)24-7-6-10-35-24/h6-13H,5,14-15H2,1-4H3,(H,31,32,33). The zero-order valence-corrected chi connectivity index (χ0v) is 23.4. The minimum Gasteiger partial charge on any atom is -0.377 e. The molecule has 10 heteroatoms. The number of thiophene rings is 2. The lowest BCUT2D eigenvalue weighted by Gasteiger charge is -2.13. The SMILES string of the molecule is CCOCc1cc(Cn2nc(-c3cccs3)c3c(C)nc(C)cc32)ccc1-c1cc(C)sc1S(=O)(=O)O. The molecule has 0 atom stereocenters. The Labute approximate surface area is 224 Å². The first-order chi connectivity index (χ1) is 17.7. The Morgan fingerprint density at radius 1 is 1.08 bits per heavy atom. The summed E-state index contributed by atoms with van der Waals surface area (Å²) in [6, 6.07) is 13.9. The maximum atomic E-state index is 12.1. The number of aromatic nitrogens is 3. The van der Waals surface area contributed by atoms with Gasteiger partial charge in [0.2, 0.25) is 0 Å². The van der Waals surface area contributed by atoms with Gasteiger partial charge in [0.1, 0.15) is 5.69 Å². The molecule has 0 bridgehead atoms. The monoisotopic (exact) mass is 553 g/mol. The largest absolute Gasteiger partial charge is 0.377 e. The van der Waals surface area contributed by atoms with E-state index in [0.29, 0.717) is 25.3 Å². The van der Waals surface area contributed by atoms with E-state index in [1.807, 2.05) is 62.0 Å². The van der Waals surface area contributed by atoms with E-state index >= 15 is 0 Å². The summed E-state index contributed by atoms with van der Waals surface area (Å²) in [7, 11) is -4.35. The Hall–Kier alpha value is -2.89. The Bertz CT molecular complexity index is 1700. The highest BCUT2D eigenvalue weighted by Crippen LogP contribution is 2.38. The summed E-state index contributed by atoms with van der Waals surface area (Å²) in [5.41, 5.74) is 6.91. The molecule has 7 nitrogen and oxygen atoms in total. The summed E-state index contributed by atoms with van der Waals surface area (Å²) in [6.45, 7) is 9.12. The van der Waals surface area contributed by atoms with Crippen LogP contribution in [-0.4, -0.2) is 34.3 Å². The van der Waals surface area contributed by atoms with Crippen molar-refractivity contribution in [1.29, 1.82) is 0 Å². The molecule has 0 aliphatic rings. The summed E-state index contributed by atoms with van der Waals surface area (Å²) < 4.78 is 41.7. The van der Waals surface area contributed by atoms with E-state index in [1.54, 1.807) is 17.4 Å². The maximum Gasteiger partial charge on any atom is 0.304 e. The first kappa shape index (κ1) is 25.7. The van der Waals surface area contributed by atoms with Gasteiger partial charge >= 0.3 is 10.1 Å². The van der Waals surface area contributed by atoms with Crippen molar-refractivity contribution in [3.63, 3.8) is 0 Å². The highest BCUT2D eigenvalue weighted by atomic mass is 32.3. The Balaban J connectivity index is 1.61. The number of ether oxygens (including phenoxy) is 1. The van der Waals surface area contributed by atoms with Crippen molar-refractivity contribution in [2.24, 2.45) is 0 Å². The molecular formula is C27H27N3O4S3. The number of hydrogen-bond donors (Lipinski definition) is 1. The minimum absolute atomic E-state index is 0.0485. The number of hydrogen-bond acceptors (Lipinski definition) is 7. The van der Waals surface area contributed by atoms with Crippen molar-refractivity contribution < 1.29 is 17.7 Å². The van der Waals surface area contributed by atoms with Crippen molar-refractivity contribution >= 4 is 43.7 Å². The molecule has 1 N–H and O–H groups in total. The second-order valence-corrected chi connectivity index (χ2v) is 12.7. The molecule has 5 aromatic rings. The topological polar surface area (TPSA) is 94.3 Å². The molecule has 0 unspecified atom stereocenters. The van der Waals surface area contributed by atoms with Crippen LogP contribution in [0.15, 0.2) is 52.1 Å². The van der Waals surface area contributed by atoms with Gasteiger partial charge in [-0.05, 0) is 68.0 Å². The van der Waals surface area contributed by atoms with Crippen LogP contribution in [0, 0.1) is 20.8 Å². The number of rotatable bonds is 8. The lowest BCUT2D eigenvalue weighted by Crippen LogP contribution is -2.05. The van der Waals surface area contributed by atoms with Crippen molar-refractivity contribution in [1.82, 2.24) is 14.8 Å². The van der Waals surface area contributed by atoms with Gasteiger partial charge in [0.15, 0.2) is 4.21 Å². The quantitative estimate of drug-likeness (QED) is 0.216. The van der Waals surface area contributed by atoms with Crippen molar-refractivity contribution in [3.05, 3.63) is 75.2 Å². The van der Waals surface area contributed by atoms with Crippen LogP contribution in [-0.2, 0) is 28.0 Å². The van der Waals surface area contributed by atoms with E-state index in [9.17, 15) is 13.0 Å². The normalized spacial score (nSPS) is 12.0. The minimum atomic E-state index is -4.35. The molecule has 0 saturated heterocycles. The Morgan fingerprint density at radius 2 is 1.89 bits per heavy atom. The third kappa shape index (κ3) is 5.12. The molecule has 0 radical (unpaired) electrons. The second kappa shape index (κ2) is 10.1. The zero-order valence-electron chi connectivity index (χ0n) is 21.0. The predicted molar refractivity (Wildman–Crippen MR) is 149 cm³/mol. The van der Waals surface area contributed by atoms with Crippen molar-refractivity contribution in [3.8, 4) is 21.7 Å². The molecule has 0 aliphatic carbocycles. The Kier molecular flexibility index (Phi) is 7.03. The van der Waals surface area contributed by atoms with Crippen LogP contribution >= 0.6 is 22.7 Å². The fourth-order valence-electron chi connectivity index (χ4n) is 4.62. The smallest absolute Gasteiger partial charge is 0.304 e. The van der Waals surface area contributed by atoms with E-state index in [4.69, 9.17) is 9.84 Å². The molecule has 1 aromatic carbocycles. The summed E-state index contributed by atoms with van der Waals surface area (Å²) >= 11 is 2.71. The maximum absolute atomic E-state index is 12.1. The van der Waals surface area contributed by atoms with Gasteiger partial charge in [-0.1, -0.05) is 24.3 Å². The van der Waals surface area contributed by atoms with Gasteiger partial charge in [-0.3, -0.25) is 14.2 Å². The first-order valence-electron chi connectivity index (χ1n) is 11.8. The number of aryl methyl sites for hydroxylation is 3. The van der Waals surface area contributed by atoms with Crippen LogP contribution in [0.2, 0.25) is 0 Å². The van der Waals surface area contributed by atoms with E-state index in [1.165, 1.54) is 0 Å². The molecule has 37 heavy (non-hydrogen) atoms. The summed E-state index contributed by atoms with van der Waals surface area (Å²) in [5.74, 6) is 0. The molecule has 0 fully saturated rings. The lowest BCUT2D eigenvalue weighted by atomic mass is 9.99. The number of pyridine rings is 1. The fraction of sp³-hybridized carbons (Fsp3) is 0.259. The molecule has 0 amide bonds. The van der Waals surface area contributed by atoms with Gasteiger partial charge < -0.3 is 4.74 Å². The van der Waals surface area contributed by atoms with E-state index in [-0.39, 0.29) is 4.21 Å². The van der Waals surface area contributed by atoms with Gasteiger partial charge in [0.25, 0.3) is 0 Å². The van der Waals surface area contributed by atoms with Gasteiger partial charge in [0.05, 0.1) is 28.9 Å². The first-order valence-corrected chi connectivity index (χ1v) is 15.0. The highest BCUT2D eigenvalue weighted by molar-refractivity contribution is 7.88. The second-order valence-electron chi connectivity index (χ2n) is 8.89. The van der Waals surface area contributed by atoms with Gasteiger partial charge in [-0.25, -0.2) is 0 Å². The van der Waals surface area contributed by atoms with Gasteiger partial charge in [0, 0.05) is 28.4 Å². The van der Waals surface area contributed by atoms with Gasteiger partial charge in [-0.15, -0.1) is 22.7 Å². The number of fused-ring (bicyclic) bond motifs is 1. The highest BCUT2D eigenvalue weighted by Gasteiger charge is 2.23. The van der Waals surface area contributed by atoms with Crippen molar-refractivity contribution in [2.45, 2.75) is 45.1 Å². The molecule has 4 heterocycles. The summed E-state index contributed by atoms with van der Waals surface area (Å²) in [5, 5.41) is 8.09. The van der Waals surface area contributed by atoms with E-state index in [2.05, 4.69) is 17.1 Å². The third-order valence-corrected chi connectivity index (χ3v) is 9.40. The van der Waals surface area contributed by atoms with E-state index in [0.717, 1.165) is 65.8 Å². The average molecular weight is 554 g/mol. The average Bonchev–Trinajstić information content (AvgIpc) is 3.57. The third-order valence-electron chi connectivity index (χ3n) is 6.11. The van der Waals surface area contributed by atoms with Crippen molar-refractivity contribution in [2.75, 3.05) is 6.61 Å². The summed E-state index contributed by atoms with van der Waals surface area (Å²) in [6.07, 6.45) is 0. The zero-order chi connectivity index (χ0) is 26.3. The number of benzene rings is 1. The van der Waals surface area contributed by atoms with Crippen LogP contribution < -0.4 is 0 Å². The molecule has 0 saturated carbocycles. The van der Waals surface area contributed by atoms with Crippen LogP contribution in [0.3, 0.4) is 0 Å². The summed E-state index contributed by atoms with van der Waals surface area (Å²) in [4.78, 5) is 6.58. The molecule has 0 aliphatic heterocycles. The molecule has 5 rings (SSSR count). The van der Waals surface area contributed by atoms with Crippen LogP contribution in [0.25, 0.3) is 32.6 Å². The Morgan fingerprint density at radius 3 is 2.59 bits per heavy atom. The predicted octanol–water partition coefficient (Wildman–Crippen LogP) is 6.65. The van der Waals surface area contributed by atoms with Crippen LogP contribution in [0.1, 0.15) is 34.3 Å². The van der Waals surface area contributed by atoms with Gasteiger partial charge in [-0.2, -0.15) is 13.5 Å². The fourth-order valence-corrected chi connectivity index (χ4v) is 7.35.